The van der Waals surface area contributed by atoms with Crippen LogP contribution in [0.15, 0.2) is 36.4 Å². The molecule has 0 unspecified atom stereocenters. The van der Waals surface area contributed by atoms with Gasteiger partial charge in [0.15, 0.2) is 5.75 Å². The van der Waals surface area contributed by atoms with Crippen LogP contribution in [0.25, 0.3) is 0 Å². The fourth-order valence-electron chi connectivity index (χ4n) is 4.64. The van der Waals surface area contributed by atoms with Crippen LogP contribution in [-0.2, 0) is 50.9 Å². The van der Waals surface area contributed by atoms with Crippen LogP contribution in [0, 0.1) is 27.7 Å². The van der Waals surface area contributed by atoms with E-state index in [0.29, 0.717) is 28.4 Å². The van der Waals surface area contributed by atoms with Crippen molar-refractivity contribution in [1.82, 2.24) is 6.15 Å². The van der Waals surface area contributed by atoms with Gasteiger partial charge in [-0.05, 0) is 57.2 Å². The molecule has 0 atom stereocenters. The van der Waals surface area contributed by atoms with E-state index in [0.717, 1.165) is 11.1 Å². The minimum absolute atomic E-state index is 0. The van der Waals surface area contributed by atoms with Crippen molar-refractivity contribution in [2.45, 2.75) is 86.0 Å². The van der Waals surface area contributed by atoms with E-state index >= 15 is 0 Å². The van der Waals surface area contributed by atoms with E-state index in [2.05, 4.69) is 40.9 Å². The predicted octanol–water partition coefficient (Wildman–Crippen LogP) is 9.26. The smallest absolute Gasteiger partial charge is 0.411 e. The third kappa shape index (κ3) is 19.8. The van der Waals surface area contributed by atoms with Crippen LogP contribution in [-0.4, -0.2) is 69.2 Å². The summed E-state index contributed by atoms with van der Waals surface area (Å²) in [5.41, 5.74) is 14.8. The number of ether oxygens (including phenoxy) is 5. The van der Waals surface area contributed by atoms with Gasteiger partial charge in [0, 0.05) is 32.6 Å². The first-order chi connectivity index (χ1) is 26.2. The van der Waals surface area contributed by atoms with E-state index in [9.17, 15) is 29.8 Å². The first-order valence-electron chi connectivity index (χ1n) is 16.9. The Bertz CT molecular complexity index is 1890. The van der Waals surface area contributed by atoms with Gasteiger partial charge in [-0.1, -0.05) is 69.7 Å². The molecule has 21 heteroatoms. The first kappa shape index (κ1) is 64.2. The number of nitro benzene ring substituents is 2. The predicted molar refractivity (Wildman–Crippen MR) is 236 cm³/mol. The molecule has 0 bridgehead atoms. The third-order valence-electron chi connectivity index (χ3n) is 7.73. The fourth-order valence-corrected chi connectivity index (χ4v) is 4.64. The number of nitro groups is 2. The zero-order valence-corrected chi connectivity index (χ0v) is 38.5. The SMILES string of the molecule is C.COC(=O)Nc1cc(C(C)(C)C)cc(N)c1OC.COC(=O)Nc1cc(C(C)(C)C)cc([N+](=O)[O-])c1OC.COc1c(N)cc(C(C)(C)C)cc1[N+](=O)[O-].N.O=CO.[CH3-].[Pd]. The Morgan fingerprint density at radius 3 is 1.16 bits per heavy atom. The second kappa shape index (κ2) is 27.8. The number of rotatable bonds is 7. The van der Waals surface area contributed by atoms with Gasteiger partial charge in [0.05, 0.1) is 68.1 Å². The Kier molecular flexibility index (Phi) is 29.3. The normalized spacial score (nSPS) is 9.93. The standard InChI is InChI=1S/C13H18N2O5.C13H20N2O3.C11H16N2O3.CH2O2.CH4.CH3.H3N.Pd/c1-13(2,3)8-6-9(14-12(16)20-5)11(19-4)10(7-8)15(17)18;1-13(2,3)8-6-9(14)11(17-4)10(7-8)15-12(16)18-5;1-11(2,3)7-5-8(12)10(16-4)9(6-7)13(14)15;2-1-3;;;;/h6-7H,1-5H3,(H,14,16);6-7H,14H2,1-5H3,(H,15,16);5-6H,12H2,1-4H3;1H,(H,2,3);1H4;2*1H3;/q;;;;;-1;;. The van der Waals surface area contributed by atoms with E-state index in [-0.39, 0.29) is 92.7 Å². The molecule has 3 aromatic carbocycles. The first-order valence-corrected chi connectivity index (χ1v) is 16.9. The van der Waals surface area contributed by atoms with Gasteiger partial charge in [0.1, 0.15) is 0 Å². The molecular formula is C40H66N7O13Pd-. The Morgan fingerprint density at radius 2 is 0.885 bits per heavy atom. The number of nitrogens with one attached hydrogen (secondary N) is 2. The van der Waals surface area contributed by atoms with Gasteiger partial charge in [-0.2, -0.15) is 0 Å². The van der Waals surface area contributed by atoms with Gasteiger partial charge >= 0.3 is 23.6 Å². The van der Waals surface area contributed by atoms with Crippen molar-refractivity contribution >= 4 is 52.8 Å². The molecule has 3 aromatic rings. The molecule has 0 fully saturated rings. The van der Waals surface area contributed by atoms with Crippen LogP contribution in [0.5, 0.6) is 17.2 Å². The minimum atomic E-state index is -0.719. The second-order valence-electron chi connectivity index (χ2n) is 14.9. The molecule has 10 N–H and O–H groups in total. The van der Waals surface area contributed by atoms with E-state index in [1.54, 1.807) is 12.1 Å². The van der Waals surface area contributed by atoms with Crippen molar-refractivity contribution in [3.05, 3.63) is 80.7 Å². The molecule has 2 amide bonds. The molecule has 0 aliphatic carbocycles. The van der Waals surface area contributed by atoms with E-state index in [1.807, 2.05) is 53.7 Å². The summed E-state index contributed by atoms with van der Waals surface area (Å²) >= 11 is 0. The van der Waals surface area contributed by atoms with Crippen molar-refractivity contribution in [2.75, 3.05) is 57.6 Å². The Hall–Kier alpha value is -5.91. The number of amides is 2. The van der Waals surface area contributed by atoms with Crippen LogP contribution in [0.2, 0.25) is 0 Å². The summed E-state index contributed by atoms with van der Waals surface area (Å²) in [5.74, 6) is 0.555. The van der Waals surface area contributed by atoms with Gasteiger partial charge in [0.2, 0.25) is 11.5 Å². The maximum Gasteiger partial charge on any atom is 0.411 e. The molecule has 0 spiro atoms. The molecule has 0 saturated heterocycles. The molecule has 350 valence electrons. The van der Waals surface area contributed by atoms with E-state index < -0.39 is 22.0 Å². The van der Waals surface area contributed by atoms with Gasteiger partial charge in [-0.15, -0.1) is 0 Å². The summed E-state index contributed by atoms with van der Waals surface area (Å²) in [6, 6.07) is 10.00. The number of carboxylic acid groups (broad SMARTS) is 1. The van der Waals surface area contributed by atoms with Gasteiger partial charge < -0.3 is 53.8 Å². The molecule has 0 radical (unpaired) electrons. The number of hydrogen-bond donors (Lipinski definition) is 6. The number of methoxy groups -OCH3 is 5. The number of nitrogens with two attached hydrogens (primary N) is 2. The maximum atomic E-state index is 11.3. The van der Waals surface area contributed by atoms with Crippen LogP contribution < -0.4 is 42.5 Å². The Labute approximate surface area is 372 Å². The number of anilines is 4. The largest absolute Gasteiger partial charge is 0.492 e. The molecule has 0 aliphatic heterocycles. The van der Waals surface area contributed by atoms with E-state index in [4.69, 9.17) is 35.6 Å². The van der Waals surface area contributed by atoms with Crippen LogP contribution in [0.4, 0.5) is 43.7 Å². The topological polar surface area (TPSA) is 315 Å². The number of benzene rings is 3. The number of carbonyl (C=O) groups is 3. The third-order valence-corrected chi connectivity index (χ3v) is 7.73. The molecule has 0 aliphatic rings. The monoisotopic (exact) mass is 958 g/mol. The Morgan fingerprint density at radius 1 is 0.623 bits per heavy atom. The quantitative estimate of drug-likeness (QED) is 0.0321. The van der Waals surface area contributed by atoms with Crippen LogP contribution in [0.3, 0.4) is 0 Å². The molecule has 3 rings (SSSR count). The van der Waals surface area contributed by atoms with Crippen LogP contribution >= 0.6 is 0 Å². The summed E-state index contributed by atoms with van der Waals surface area (Å²) < 4.78 is 24.2. The van der Waals surface area contributed by atoms with Crippen molar-refractivity contribution in [2.24, 2.45) is 0 Å². The van der Waals surface area contributed by atoms with Gasteiger partial charge in [-0.3, -0.25) is 35.7 Å². The summed E-state index contributed by atoms with van der Waals surface area (Å²) in [4.78, 5) is 52.0. The fraction of sp³-hybridized carbons (Fsp3) is 0.450. The number of nitrogen functional groups attached to an aromatic ring is 2. The average Bonchev–Trinajstić information content (AvgIpc) is 3.10. The van der Waals surface area contributed by atoms with Gasteiger partial charge in [-0.25, -0.2) is 9.59 Å². The van der Waals surface area contributed by atoms with Crippen LogP contribution in [0.1, 0.15) is 86.4 Å². The molecule has 61 heavy (non-hydrogen) atoms. The zero-order valence-electron chi connectivity index (χ0n) is 37.0. The average molecular weight is 959 g/mol. The second-order valence-corrected chi connectivity index (χ2v) is 14.9. The van der Waals surface area contributed by atoms with Crippen molar-refractivity contribution in [3.63, 3.8) is 0 Å². The summed E-state index contributed by atoms with van der Waals surface area (Å²) in [7, 11) is 6.70. The molecule has 0 saturated carbocycles. The summed E-state index contributed by atoms with van der Waals surface area (Å²) in [5, 5.41) is 33.9. The maximum absolute atomic E-state index is 11.3. The van der Waals surface area contributed by atoms with E-state index in [1.165, 1.54) is 47.7 Å². The van der Waals surface area contributed by atoms with Crippen molar-refractivity contribution in [1.29, 1.82) is 0 Å². The van der Waals surface area contributed by atoms with Crippen molar-refractivity contribution < 1.29 is 73.4 Å². The molecule has 20 nitrogen and oxygen atoms in total. The summed E-state index contributed by atoms with van der Waals surface area (Å²) in [6.07, 6.45) is -1.28. The molecule has 0 aromatic heterocycles. The molecule has 0 heterocycles. The zero-order chi connectivity index (χ0) is 44.6. The number of hydrogen-bond acceptors (Lipinski definition) is 15. The van der Waals surface area contributed by atoms with Crippen molar-refractivity contribution in [3.8, 4) is 17.2 Å². The Balaban J connectivity index is -0.000000242. The molecular weight excluding hydrogens is 893 g/mol. The van der Waals surface area contributed by atoms with Gasteiger partial charge in [0.25, 0.3) is 6.47 Å². The number of carbonyl (C=O) groups excluding carboxylic acids is 2. The minimum Gasteiger partial charge on any atom is -0.492 e. The number of nitrogens with zero attached hydrogens (tertiary/aromatic N) is 2. The summed E-state index contributed by atoms with van der Waals surface area (Å²) in [6.45, 7) is 17.6.